The molecule has 9 atom stereocenters. The summed E-state index contributed by atoms with van der Waals surface area (Å²) in [5.74, 6) is -1.56. The average molecular weight is 758 g/mol. The molecule has 0 bridgehead atoms. The molecule has 53 heavy (non-hydrogen) atoms. The lowest BCUT2D eigenvalue weighted by molar-refractivity contribution is -0.143. The highest BCUT2D eigenvalue weighted by atomic mass is 32.1. The van der Waals surface area contributed by atoms with Crippen LogP contribution in [0.15, 0.2) is 29.6 Å². The van der Waals surface area contributed by atoms with Crippen molar-refractivity contribution in [2.45, 2.75) is 143 Å². The van der Waals surface area contributed by atoms with Crippen molar-refractivity contribution in [3.63, 3.8) is 0 Å². The predicted octanol–water partition coefficient (Wildman–Crippen LogP) is 6.54. The Bertz CT molecular complexity index is 1450. The van der Waals surface area contributed by atoms with Crippen LogP contribution in [-0.2, 0) is 25.5 Å². The number of thiazole rings is 1. The monoisotopic (exact) mass is 757 g/mol. The van der Waals surface area contributed by atoms with Gasteiger partial charge in [0.15, 0.2) is 0 Å². The number of carboxylic acid groups (broad SMARTS) is 1. The minimum Gasteiger partial charge on any atom is -0.481 e. The molecule has 3 rings (SSSR count). The van der Waals surface area contributed by atoms with Crippen LogP contribution in [0.4, 0.5) is 0 Å². The van der Waals surface area contributed by atoms with Gasteiger partial charge in [-0.25, -0.2) is 4.98 Å². The maximum atomic E-state index is 14.7. The molecule has 1 aliphatic carbocycles. The van der Waals surface area contributed by atoms with E-state index in [0.717, 1.165) is 41.8 Å². The van der Waals surface area contributed by atoms with E-state index < -0.39 is 30.3 Å². The number of aliphatic carboxylic acids is 1. The van der Waals surface area contributed by atoms with Crippen molar-refractivity contribution in [3.8, 4) is 0 Å². The van der Waals surface area contributed by atoms with E-state index >= 15 is 0 Å². The number of aromatic nitrogens is 1. The highest BCUT2D eigenvalue weighted by molar-refractivity contribution is 7.09. The number of ether oxygens (including phenoxy) is 1. The van der Waals surface area contributed by atoms with E-state index in [1.54, 1.807) is 0 Å². The second-order valence-corrected chi connectivity index (χ2v) is 16.4. The van der Waals surface area contributed by atoms with Crippen LogP contribution in [0.2, 0.25) is 0 Å². The molecule has 0 saturated carbocycles. The van der Waals surface area contributed by atoms with E-state index in [9.17, 15) is 24.6 Å². The molecule has 0 spiro atoms. The number of amides is 2. The van der Waals surface area contributed by atoms with Crippen molar-refractivity contribution in [1.29, 1.82) is 0 Å². The number of rotatable bonds is 22. The summed E-state index contributed by atoms with van der Waals surface area (Å²) >= 11 is 1.42. The molecular formula is C41H67N5O6S. The van der Waals surface area contributed by atoms with Crippen molar-refractivity contribution in [1.82, 2.24) is 25.4 Å². The number of hydrogen-bond donors (Lipinski definition) is 4. The minimum atomic E-state index is -1.09. The Balaban J connectivity index is 1.87. The lowest BCUT2D eigenvalue weighted by Crippen LogP contribution is -2.59. The standard InChI is InChI=1S/C41H67N5O6S/c1-11-19-46(40(49)35(26(7)13-3)44-38(48)36(45(9)10)27(8)14-4)33(25(5)6)23-34(52-20-12-2)39-43-32(24-53-39)37(47)42-29-21-28-17-15-16-18-30(28)31(22-29)41(50)51/h15-18,24-27,29,31,33-37,42,47H,11-14,19-23H2,1-10H3,(H,44,48)(H,50,51). The minimum absolute atomic E-state index is 0.0653. The molecule has 1 heterocycles. The molecule has 12 heteroatoms. The first kappa shape index (κ1) is 44.5. The smallest absolute Gasteiger partial charge is 0.311 e. The maximum absolute atomic E-state index is 14.7. The molecule has 0 fully saturated rings. The molecule has 2 amide bonds. The predicted molar refractivity (Wildman–Crippen MR) is 212 cm³/mol. The summed E-state index contributed by atoms with van der Waals surface area (Å²) in [5, 5.41) is 30.2. The molecular weight excluding hydrogens is 691 g/mol. The quantitative estimate of drug-likeness (QED) is 0.0986. The number of nitrogens with one attached hydrogen (secondary N) is 2. The van der Waals surface area contributed by atoms with Gasteiger partial charge in [0.2, 0.25) is 11.8 Å². The Labute approximate surface area is 322 Å². The van der Waals surface area contributed by atoms with Crippen LogP contribution in [0.5, 0.6) is 0 Å². The van der Waals surface area contributed by atoms with Crippen molar-refractivity contribution in [3.05, 3.63) is 51.5 Å². The largest absolute Gasteiger partial charge is 0.481 e. The van der Waals surface area contributed by atoms with Gasteiger partial charge in [0.05, 0.1) is 17.7 Å². The first-order valence-electron chi connectivity index (χ1n) is 19.8. The van der Waals surface area contributed by atoms with Crippen molar-refractivity contribution >= 4 is 29.1 Å². The van der Waals surface area contributed by atoms with Gasteiger partial charge in [-0.05, 0) is 68.7 Å². The summed E-state index contributed by atoms with van der Waals surface area (Å²) in [6.45, 7) is 17.6. The van der Waals surface area contributed by atoms with Gasteiger partial charge in [-0.2, -0.15) is 0 Å². The zero-order valence-corrected chi connectivity index (χ0v) is 34.6. The van der Waals surface area contributed by atoms with Gasteiger partial charge in [-0.15, -0.1) is 11.3 Å². The molecule has 298 valence electrons. The van der Waals surface area contributed by atoms with Crippen molar-refractivity contribution < 1.29 is 29.3 Å². The van der Waals surface area contributed by atoms with Gasteiger partial charge in [0.25, 0.3) is 0 Å². The van der Waals surface area contributed by atoms with E-state index in [1.807, 2.05) is 60.5 Å². The first-order valence-corrected chi connectivity index (χ1v) is 20.6. The maximum Gasteiger partial charge on any atom is 0.311 e. The van der Waals surface area contributed by atoms with Crippen LogP contribution >= 0.6 is 11.3 Å². The lowest BCUT2D eigenvalue weighted by Gasteiger charge is -2.40. The third-order valence-corrected chi connectivity index (χ3v) is 11.8. The fraction of sp³-hybridized carbons (Fsp3) is 0.707. The Morgan fingerprint density at radius 2 is 1.70 bits per heavy atom. The van der Waals surface area contributed by atoms with Crippen LogP contribution < -0.4 is 10.6 Å². The van der Waals surface area contributed by atoms with E-state index in [2.05, 4.69) is 59.1 Å². The summed E-state index contributed by atoms with van der Waals surface area (Å²) in [5.41, 5.74) is 2.26. The zero-order valence-electron chi connectivity index (χ0n) is 33.8. The van der Waals surface area contributed by atoms with Crippen LogP contribution in [0.1, 0.15) is 134 Å². The van der Waals surface area contributed by atoms with Crippen molar-refractivity contribution in [2.24, 2.45) is 17.8 Å². The number of hydrogen-bond acceptors (Lipinski definition) is 9. The third-order valence-electron chi connectivity index (χ3n) is 10.9. The van der Waals surface area contributed by atoms with Gasteiger partial charge in [-0.3, -0.25) is 24.6 Å². The summed E-state index contributed by atoms with van der Waals surface area (Å²) in [6.07, 6.45) is 3.14. The molecule has 2 aromatic rings. The molecule has 1 aliphatic rings. The van der Waals surface area contributed by atoms with Gasteiger partial charge >= 0.3 is 5.97 Å². The number of carbonyl (C=O) groups excluding carboxylic acids is 2. The second-order valence-electron chi connectivity index (χ2n) is 15.5. The Morgan fingerprint density at radius 3 is 2.28 bits per heavy atom. The Morgan fingerprint density at radius 1 is 1.02 bits per heavy atom. The number of aliphatic hydroxyl groups is 1. The van der Waals surface area contributed by atoms with Crippen LogP contribution in [0.3, 0.4) is 0 Å². The molecule has 9 unspecified atom stereocenters. The highest BCUT2D eigenvalue weighted by Crippen LogP contribution is 2.35. The SMILES string of the molecule is CCCOC(CC(C(C)C)N(CCC)C(=O)C(NC(=O)C(C(C)CC)N(C)C)C(C)CC)c1nc(C(O)NC2Cc3ccccc3C(C(=O)O)C2)cs1. The Hall–Kier alpha value is -2.90. The zero-order chi connectivity index (χ0) is 39.4. The van der Waals surface area contributed by atoms with E-state index in [4.69, 9.17) is 9.72 Å². The number of aliphatic hydroxyl groups excluding tert-OH is 1. The van der Waals surface area contributed by atoms with E-state index in [-0.39, 0.29) is 47.7 Å². The number of fused-ring (bicyclic) bond motifs is 1. The topological polar surface area (TPSA) is 144 Å². The molecule has 0 radical (unpaired) electrons. The molecule has 1 aromatic carbocycles. The number of carbonyl (C=O) groups is 3. The van der Waals surface area contributed by atoms with Gasteiger partial charge in [0.1, 0.15) is 23.4 Å². The molecule has 4 N–H and O–H groups in total. The van der Waals surface area contributed by atoms with E-state index in [0.29, 0.717) is 38.1 Å². The number of nitrogens with zero attached hydrogens (tertiary/aromatic N) is 3. The summed E-state index contributed by atoms with van der Waals surface area (Å²) in [4.78, 5) is 49.3. The van der Waals surface area contributed by atoms with Gasteiger partial charge in [-0.1, -0.05) is 92.5 Å². The molecule has 0 aliphatic heterocycles. The van der Waals surface area contributed by atoms with E-state index in [1.165, 1.54) is 11.3 Å². The summed E-state index contributed by atoms with van der Waals surface area (Å²) in [6, 6.07) is 6.15. The molecule has 1 aromatic heterocycles. The van der Waals surface area contributed by atoms with Gasteiger partial charge < -0.3 is 25.2 Å². The number of benzene rings is 1. The third kappa shape index (κ3) is 11.8. The van der Waals surface area contributed by atoms with Crippen LogP contribution in [-0.4, -0.2) is 94.2 Å². The number of likely N-dealkylation sites (N-methyl/N-ethyl adjacent to an activating group) is 1. The first-order chi connectivity index (χ1) is 25.2. The van der Waals surface area contributed by atoms with Crippen LogP contribution in [0.25, 0.3) is 0 Å². The summed E-state index contributed by atoms with van der Waals surface area (Å²) < 4.78 is 6.45. The normalized spacial score (nSPS) is 19.9. The highest BCUT2D eigenvalue weighted by Gasteiger charge is 2.39. The van der Waals surface area contributed by atoms with Gasteiger partial charge in [0, 0.05) is 37.0 Å². The second kappa shape index (κ2) is 21.3. The average Bonchev–Trinajstić information content (AvgIpc) is 3.62. The molecule has 0 saturated heterocycles. The molecule has 11 nitrogen and oxygen atoms in total. The fourth-order valence-electron chi connectivity index (χ4n) is 7.55. The Kier molecular flexibility index (Phi) is 17.8. The summed E-state index contributed by atoms with van der Waals surface area (Å²) in [7, 11) is 3.82. The number of carboxylic acids is 1. The van der Waals surface area contributed by atoms with Crippen LogP contribution in [0, 0.1) is 17.8 Å². The fourth-order valence-corrected chi connectivity index (χ4v) is 8.45. The van der Waals surface area contributed by atoms with Crippen molar-refractivity contribution in [2.75, 3.05) is 27.2 Å². The lowest BCUT2D eigenvalue weighted by atomic mass is 9.80.